The van der Waals surface area contributed by atoms with Crippen molar-refractivity contribution >= 4 is 0 Å². The van der Waals surface area contributed by atoms with Crippen LogP contribution in [-0.2, 0) is 4.74 Å². The summed E-state index contributed by atoms with van der Waals surface area (Å²) >= 11 is 0. The number of rotatable bonds is 0. The van der Waals surface area contributed by atoms with Crippen LogP contribution in [0.2, 0.25) is 0 Å². The molecule has 0 amide bonds. The summed E-state index contributed by atoms with van der Waals surface area (Å²) in [6, 6.07) is 0.617. The van der Waals surface area contributed by atoms with Gasteiger partial charge in [-0.3, -0.25) is 0 Å². The summed E-state index contributed by atoms with van der Waals surface area (Å²) in [5.74, 6) is 0. The van der Waals surface area contributed by atoms with Crippen molar-refractivity contribution in [3.8, 4) is 0 Å². The summed E-state index contributed by atoms with van der Waals surface area (Å²) in [7, 11) is 0. The molecule has 0 radical (unpaired) electrons. The molecule has 2 rings (SSSR count). The lowest BCUT2D eigenvalue weighted by molar-refractivity contribution is 0.0200. The van der Waals surface area contributed by atoms with Crippen molar-refractivity contribution in [3.63, 3.8) is 0 Å². The summed E-state index contributed by atoms with van der Waals surface area (Å²) < 4.78 is 5.88. The number of ether oxygens (including phenoxy) is 1. The van der Waals surface area contributed by atoms with E-state index in [1.807, 2.05) is 0 Å². The van der Waals surface area contributed by atoms with E-state index in [1.54, 1.807) is 0 Å². The fourth-order valence-electron chi connectivity index (χ4n) is 2.51. The summed E-state index contributed by atoms with van der Waals surface area (Å²) in [6.45, 7) is 6.85. The Labute approximate surface area is 81.0 Å². The van der Waals surface area contributed by atoms with Crippen LogP contribution in [0.5, 0.6) is 0 Å². The molecule has 2 nitrogen and oxygen atoms in total. The molecule has 2 unspecified atom stereocenters. The van der Waals surface area contributed by atoms with E-state index in [0.29, 0.717) is 17.6 Å². The Bertz CT molecular complexity index is 179. The molecular weight excluding hydrogens is 162 g/mol. The van der Waals surface area contributed by atoms with E-state index in [-0.39, 0.29) is 0 Å². The van der Waals surface area contributed by atoms with Gasteiger partial charge in [-0.2, -0.15) is 0 Å². The van der Waals surface area contributed by atoms with Crippen LogP contribution in [0.15, 0.2) is 0 Å². The average molecular weight is 183 g/mol. The third-order valence-electron chi connectivity index (χ3n) is 3.40. The zero-order valence-electron chi connectivity index (χ0n) is 8.81. The molecule has 0 spiro atoms. The number of nitrogens with one attached hydrogen (secondary N) is 1. The molecular formula is C11H21NO. The second-order valence-corrected chi connectivity index (χ2v) is 5.23. The van der Waals surface area contributed by atoms with Gasteiger partial charge in [0.15, 0.2) is 0 Å². The minimum absolute atomic E-state index is 0.462. The number of hydrogen-bond acceptors (Lipinski definition) is 2. The van der Waals surface area contributed by atoms with Crippen LogP contribution < -0.4 is 5.32 Å². The van der Waals surface area contributed by atoms with Crippen LogP contribution in [0.3, 0.4) is 0 Å². The van der Waals surface area contributed by atoms with E-state index in [4.69, 9.17) is 4.74 Å². The van der Waals surface area contributed by atoms with Gasteiger partial charge in [0, 0.05) is 12.6 Å². The minimum atomic E-state index is 0.462. The van der Waals surface area contributed by atoms with E-state index in [9.17, 15) is 0 Å². The Morgan fingerprint density at radius 3 is 3.08 bits per heavy atom. The van der Waals surface area contributed by atoms with Gasteiger partial charge in [-0.1, -0.05) is 13.8 Å². The number of piperidine rings is 1. The monoisotopic (exact) mass is 183 g/mol. The topological polar surface area (TPSA) is 21.3 Å². The van der Waals surface area contributed by atoms with Crippen LogP contribution in [0.1, 0.15) is 39.5 Å². The Kier molecular flexibility index (Phi) is 2.61. The molecule has 0 saturated carbocycles. The van der Waals surface area contributed by atoms with E-state index in [0.717, 1.165) is 6.61 Å². The lowest BCUT2D eigenvalue weighted by Gasteiger charge is -2.33. The molecule has 2 heterocycles. The molecule has 0 aliphatic carbocycles. The van der Waals surface area contributed by atoms with Crippen LogP contribution in [0.4, 0.5) is 0 Å². The molecule has 0 aromatic rings. The predicted octanol–water partition coefficient (Wildman–Crippen LogP) is 1.94. The minimum Gasteiger partial charge on any atom is -0.377 e. The molecule has 2 atom stereocenters. The van der Waals surface area contributed by atoms with Gasteiger partial charge < -0.3 is 10.1 Å². The van der Waals surface area contributed by atoms with Gasteiger partial charge in [0.1, 0.15) is 0 Å². The Balaban J connectivity index is 2.03. The van der Waals surface area contributed by atoms with Crippen LogP contribution in [-0.4, -0.2) is 25.3 Å². The maximum absolute atomic E-state index is 5.88. The molecule has 76 valence electrons. The molecule has 0 aromatic heterocycles. The van der Waals surface area contributed by atoms with Crippen LogP contribution in [0.25, 0.3) is 0 Å². The molecule has 2 heteroatoms. The highest BCUT2D eigenvalue weighted by Gasteiger charge is 2.34. The fourth-order valence-corrected chi connectivity index (χ4v) is 2.51. The first-order chi connectivity index (χ1) is 6.17. The van der Waals surface area contributed by atoms with Gasteiger partial charge in [0.2, 0.25) is 0 Å². The highest BCUT2D eigenvalue weighted by Crippen LogP contribution is 2.33. The summed E-state index contributed by atoms with van der Waals surface area (Å²) in [4.78, 5) is 0. The Morgan fingerprint density at radius 2 is 2.23 bits per heavy atom. The van der Waals surface area contributed by atoms with Crippen LogP contribution >= 0.6 is 0 Å². The quantitative estimate of drug-likeness (QED) is 0.619. The standard InChI is InChI=1S/C11H21NO/c1-11(2)5-7-13-10-4-3-6-12-9(10)8-11/h9-10,12H,3-8H2,1-2H3. The van der Waals surface area contributed by atoms with Gasteiger partial charge in [0.25, 0.3) is 0 Å². The highest BCUT2D eigenvalue weighted by molar-refractivity contribution is 4.89. The Hall–Kier alpha value is -0.0800. The first-order valence-corrected chi connectivity index (χ1v) is 5.52. The predicted molar refractivity (Wildman–Crippen MR) is 53.8 cm³/mol. The third-order valence-corrected chi connectivity index (χ3v) is 3.40. The number of fused-ring (bicyclic) bond motifs is 1. The smallest absolute Gasteiger partial charge is 0.0728 e. The molecule has 1 N–H and O–H groups in total. The zero-order valence-corrected chi connectivity index (χ0v) is 8.81. The first-order valence-electron chi connectivity index (χ1n) is 5.52. The largest absolute Gasteiger partial charge is 0.377 e. The Morgan fingerprint density at radius 1 is 1.38 bits per heavy atom. The van der Waals surface area contributed by atoms with Crippen molar-refractivity contribution in [2.45, 2.75) is 51.7 Å². The van der Waals surface area contributed by atoms with Crippen molar-refractivity contribution < 1.29 is 4.74 Å². The first kappa shape index (κ1) is 9.47. The molecule has 0 aromatic carbocycles. The second kappa shape index (κ2) is 3.58. The molecule has 2 aliphatic heterocycles. The van der Waals surface area contributed by atoms with Crippen molar-refractivity contribution in [2.24, 2.45) is 5.41 Å². The van der Waals surface area contributed by atoms with Gasteiger partial charge in [-0.05, 0) is 37.6 Å². The summed E-state index contributed by atoms with van der Waals surface area (Å²) in [6.07, 6.45) is 5.52. The zero-order chi connectivity index (χ0) is 9.31. The number of hydrogen-bond donors (Lipinski definition) is 1. The van der Waals surface area contributed by atoms with E-state index in [2.05, 4.69) is 19.2 Å². The molecule has 13 heavy (non-hydrogen) atoms. The summed E-state index contributed by atoms with van der Waals surface area (Å²) in [5.41, 5.74) is 0.462. The van der Waals surface area contributed by atoms with Gasteiger partial charge >= 0.3 is 0 Å². The highest BCUT2D eigenvalue weighted by atomic mass is 16.5. The molecule has 0 bridgehead atoms. The normalized spacial score (nSPS) is 39.2. The third kappa shape index (κ3) is 2.23. The lowest BCUT2D eigenvalue weighted by Crippen LogP contribution is -2.46. The van der Waals surface area contributed by atoms with Crippen molar-refractivity contribution in [1.82, 2.24) is 5.32 Å². The molecule has 2 aliphatic rings. The second-order valence-electron chi connectivity index (χ2n) is 5.23. The van der Waals surface area contributed by atoms with Crippen molar-refractivity contribution in [1.29, 1.82) is 0 Å². The van der Waals surface area contributed by atoms with Crippen molar-refractivity contribution in [3.05, 3.63) is 0 Å². The molecule has 2 saturated heterocycles. The van der Waals surface area contributed by atoms with Crippen molar-refractivity contribution in [2.75, 3.05) is 13.2 Å². The lowest BCUT2D eigenvalue weighted by atomic mass is 9.81. The van der Waals surface area contributed by atoms with Crippen LogP contribution in [0, 0.1) is 5.41 Å². The maximum atomic E-state index is 5.88. The van der Waals surface area contributed by atoms with Gasteiger partial charge in [0.05, 0.1) is 6.10 Å². The SMILES string of the molecule is CC1(C)CCOC2CCCNC2C1. The van der Waals surface area contributed by atoms with E-state index in [1.165, 1.54) is 32.2 Å². The molecule has 2 fully saturated rings. The van der Waals surface area contributed by atoms with E-state index >= 15 is 0 Å². The maximum Gasteiger partial charge on any atom is 0.0728 e. The summed E-state index contributed by atoms with van der Waals surface area (Å²) in [5, 5.41) is 3.59. The van der Waals surface area contributed by atoms with Gasteiger partial charge in [-0.15, -0.1) is 0 Å². The van der Waals surface area contributed by atoms with Gasteiger partial charge in [-0.25, -0.2) is 0 Å². The fraction of sp³-hybridized carbons (Fsp3) is 1.00. The van der Waals surface area contributed by atoms with E-state index < -0.39 is 0 Å². The average Bonchev–Trinajstić information content (AvgIpc) is 2.21.